The van der Waals surface area contributed by atoms with Crippen molar-refractivity contribution in [2.45, 2.75) is 34.9 Å². The Hall–Kier alpha value is -4.74. The van der Waals surface area contributed by atoms with Crippen LogP contribution in [-0.2, 0) is 11.3 Å². The van der Waals surface area contributed by atoms with Crippen LogP contribution in [0.2, 0.25) is 0 Å². The number of carbonyl (C=O) groups is 1. The van der Waals surface area contributed by atoms with Crippen LogP contribution >= 0.6 is 23.5 Å². The SMILES string of the molecule is CSC(C)(C)c1cc(NC(=O)NCc2ccccc2Sc2ccc3nnc(-c4ccccc4O)n3c2)n(-c2ccccc2)n1. The zero-order valence-electron chi connectivity index (χ0n) is 24.4. The van der Waals surface area contributed by atoms with E-state index in [1.165, 1.54) is 0 Å². The van der Waals surface area contributed by atoms with Gasteiger partial charge in [-0.15, -0.1) is 10.2 Å². The maximum atomic E-state index is 13.2. The van der Waals surface area contributed by atoms with Gasteiger partial charge in [-0.3, -0.25) is 9.72 Å². The van der Waals surface area contributed by atoms with Gasteiger partial charge in [0.15, 0.2) is 11.5 Å². The minimum absolute atomic E-state index is 0.144. The number of anilines is 1. The fraction of sp³-hybridized carbons (Fsp3) is 0.152. The molecule has 0 fully saturated rings. The number of urea groups is 1. The molecule has 3 heterocycles. The third-order valence-corrected chi connectivity index (χ3v) is 9.56. The van der Waals surface area contributed by atoms with E-state index in [0.29, 0.717) is 29.4 Å². The second-order valence-corrected chi connectivity index (χ2v) is 13.1. The normalized spacial score (nSPS) is 11.5. The van der Waals surface area contributed by atoms with Crippen molar-refractivity contribution in [3.63, 3.8) is 0 Å². The van der Waals surface area contributed by atoms with E-state index in [1.54, 1.807) is 40.3 Å². The molecule has 6 rings (SSSR count). The van der Waals surface area contributed by atoms with E-state index in [9.17, 15) is 9.90 Å². The Balaban J connectivity index is 1.19. The summed E-state index contributed by atoms with van der Waals surface area (Å²) in [4.78, 5) is 15.1. The Bertz CT molecular complexity index is 1940. The van der Waals surface area contributed by atoms with Crippen LogP contribution in [0.15, 0.2) is 113 Å². The maximum absolute atomic E-state index is 13.2. The first-order valence-electron chi connectivity index (χ1n) is 14.0. The number of rotatable bonds is 9. The van der Waals surface area contributed by atoms with E-state index in [0.717, 1.165) is 26.7 Å². The molecule has 0 atom stereocenters. The molecule has 222 valence electrons. The van der Waals surface area contributed by atoms with Crippen molar-refractivity contribution < 1.29 is 9.90 Å². The smallest absolute Gasteiger partial charge is 0.320 e. The number of para-hydroxylation sites is 2. The number of thioether (sulfide) groups is 1. The molecule has 3 aromatic carbocycles. The molecule has 0 saturated carbocycles. The molecule has 0 radical (unpaired) electrons. The number of aromatic nitrogens is 5. The van der Waals surface area contributed by atoms with Crippen LogP contribution in [0.25, 0.3) is 22.7 Å². The van der Waals surface area contributed by atoms with Gasteiger partial charge in [0.25, 0.3) is 0 Å². The predicted octanol–water partition coefficient (Wildman–Crippen LogP) is 7.36. The monoisotopic (exact) mass is 621 g/mol. The van der Waals surface area contributed by atoms with Crippen molar-refractivity contribution in [1.29, 1.82) is 0 Å². The first-order valence-corrected chi connectivity index (χ1v) is 16.0. The van der Waals surface area contributed by atoms with Crippen molar-refractivity contribution in [3.05, 3.63) is 115 Å². The number of hydrogen-bond donors (Lipinski definition) is 3. The summed E-state index contributed by atoms with van der Waals surface area (Å²) in [7, 11) is 0. The number of amides is 2. The van der Waals surface area contributed by atoms with Gasteiger partial charge in [-0.25, -0.2) is 9.48 Å². The lowest BCUT2D eigenvalue weighted by Crippen LogP contribution is -2.29. The average molecular weight is 622 g/mol. The fourth-order valence-electron chi connectivity index (χ4n) is 4.63. The number of fused-ring (bicyclic) bond motifs is 1. The highest BCUT2D eigenvalue weighted by Gasteiger charge is 2.25. The molecule has 0 aliphatic heterocycles. The van der Waals surface area contributed by atoms with Gasteiger partial charge < -0.3 is 10.4 Å². The second-order valence-electron chi connectivity index (χ2n) is 10.5. The topological polar surface area (TPSA) is 109 Å². The van der Waals surface area contributed by atoms with Gasteiger partial charge in [-0.05, 0) is 68.1 Å². The zero-order chi connectivity index (χ0) is 30.7. The van der Waals surface area contributed by atoms with Gasteiger partial charge >= 0.3 is 6.03 Å². The minimum atomic E-state index is -0.325. The van der Waals surface area contributed by atoms with Crippen LogP contribution in [0, 0.1) is 0 Å². The van der Waals surface area contributed by atoms with Crippen LogP contribution in [0.5, 0.6) is 5.75 Å². The third-order valence-electron chi connectivity index (χ3n) is 7.24. The van der Waals surface area contributed by atoms with E-state index in [-0.39, 0.29) is 16.5 Å². The van der Waals surface area contributed by atoms with Gasteiger partial charge in [-0.1, -0.05) is 60.3 Å². The number of benzene rings is 3. The summed E-state index contributed by atoms with van der Waals surface area (Å²) in [5.41, 5.74) is 4.00. The van der Waals surface area contributed by atoms with E-state index in [1.807, 2.05) is 102 Å². The highest BCUT2D eigenvalue weighted by Crippen LogP contribution is 2.35. The zero-order valence-corrected chi connectivity index (χ0v) is 26.1. The molecular formula is C33H31N7O2S2. The van der Waals surface area contributed by atoms with Crippen molar-refractivity contribution in [1.82, 2.24) is 29.7 Å². The number of nitrogens with one attached hydrogen (secondary N) is 2. The molecule has 44 heavy (non-hydrogen) atoms. The molecular weight excluding hydrogens is 591 g/mol. The largest absolute Gasteiger partial charge is 0.507 e. The molecule has 11 heteroatoms. The summed E-state index contributed by atoms with van der Waals surface area (Å²) in [6.45, 7) is 4.55. The Morgan fingerprint density at radius 1 is 0.932 bits per heavy atom. The van der Waals surface area contributed by atoms with Crippen LogP contribution in [0.1, 0.15) is 25.1 Å². The van der Waals surface area contributed by atoms with Crippen molar-refractivity contribution >= 4 is 41.0 Å². The Labute approximate surface area is 263 Å². The van der Waals surface area contributed by atoms with Gasteiger partial charge in [0.05, 0.1) is 21.7 Å². The van der Waals surface area contributed by atoms with E-state index in [4.69, 9.17) is 5.10 Å². The highest BCUT2D eigenvalue weighted by molar-refractivity contribution is 7.99. The van der Waals surface area contributed by atoms with Crippen molar-refractivity contribution in [3.8, 4) is 22.8 Å². The fourth-order valence-corrected chi connectivity index (χ4v) is 5.90. The first kappa shape index (κ1) is 29.3. The lowest BCUT2D eigenvalue weighted by molar-refractivity contribution is 0.251. The number of phenolic OH excluding ortho intramolecular Hbond substituents is 1. The van der Waals surface area contributed by atoms with E-state index in [2.05, 4.69) is 34.7 Å². The maximum Gasteiger partial charge on any atom is 0.320 e. The molecule has 0 saturated heterocycles. The third kappa shape index (κ3) is 6.15. The number of hydrogen-bond acceptors (Lipinski definition) is 7. The molecule has 6 aromatic rings. The molecule has 2 amide bonds. The molecule has 0 bridgehead atoms. The molecule has 3 aromatic heterocycles. The van der Waals surface area contributed by atoms with Gasteiger partial charge in [0.2, 0.25) is 0 Å². The molecule has 0 aliphatic carbocycles. The molecule has 0 aliphatic rings. The van der Waals surface area contributed by atoms with Gasteiger partial charge in [0, 0.05) is 28.6 Å². The number of carbonyl (C=O) groups excluding carboxylic acids is 1. The minimum Gasteiger partial charge on any atom is -0.507 e. The molecule has 3 N–H and O–H groups in total. The van der Waals surface area contributed by atoms with Crippen LogP contribution in [0.3, 0.4) is 0 Å². The predicted molar refractivity (Wildman–Crippen MR) is 177 cm³/mol. The molecule has 9 nitrogen and oxygen atoms in total. The van der Waals surface area contributed by atoms with Gasteiger partial charge in [-0.2, -0.15) is 16.9 Å². The number of phenols is 1. The summed E-state index contributed by atoms with van der Waals surface area (Å²) in [6, 6.07) is 30.3. The summed E-state index contributed by atoms with van der Waals surface area (Å²) >= 11 is 3.28. The van der Waals surface area contributed by atoms with Crippen LogP contribution < -0.4 is 10.6 Å². The van der Waals surface area contributed by atoms with Crippen LogP contribution in [-0.4, -0.2) is 41.8 Å². The van der Waals surface area contributed by atoms with Crippen LogP contribution in [0.4, 0.5) is 10.6 Å². The number of pyridine rings is 1. The van der Waals surface area contributed by atoms with Gasteiger partial charge in [0.1, 0.15) is 11.6 Å². The number of nitrogens with zero attached hydrogens (tertiary/aromatic N) is 5. The lowest BCUT2D eigenvalue weighted by Gasteiger charge is -2.18. The van der Waals surface area contributed by atoms with E-state index >= 15 is 0 Å². The second kappa shape index (κ2) is 12.5. The summed E-state index contributed by atoms with van der Waals surface area (Å²) in [6.07, 6.45) is 4.01. The Morgan fingerprint density at radius 3 is 2.48 bits per heavy atom. The quantitative estimate of drug-likeness (QED) is 0.155. The standard InChI is InChI=1S/C33H31N7O2S2/c1-33(2,43-3)28-19-30(40(38-28)23-12-5-4-6-13-23)35-32(42)34-20-22-11-7-10-16-27(22)44-24-17-18-29-36-37-31(39(29)21-24)25-14-8-9-15-26(25)41/h4-19,21,41H,20H2,1-3H3,(H2,34,35,42). The summed E-state index contributed by atoms with van der Waals surface area (Å²) < 4.78 is 3.41. The van der Waals surface area contributed by atoms with E-state index < -0.39 is 0 Å². The Morgan fingerprint density at radius 2 is 1.68 bits per heavy atom. The molecule has 0 spiro atoms. The first-order chi connectivity index (χ1) is 21.3. The highest BCUT2D eigenvalue weighted by atomic mass is 32.2. The van der Waals surface area contributed by atoms with Crippen molar-refractivity contribution in [2.24, 2.45) is 0 Å². The summed E-state index contributed by atoms with van der Waals surface area (Å²) in [5.74, 6) is 1.30. The molecule has 0 unspecified atom stereocenters. The summed E-state index contributed by atoms with van der Waals surface area (Å²) in [5, 5.41) is 29.8. The van der Waals surface area contributed by atoms with Crippen molar-refractivity contribution in [2.75, 3.05) is 11.6 Å². The Kier molecular flexibility index (Phi) is 8.32. The average Bonchev–Trinajstić information content (AvgIpc) is 3.66. The lowest BCUT2D eigenvalue weighted by atomic mass is 10.1. The number of aromatic hydroxyl groups is 1.